The predicted octanol–water partition coefficient (Wildman–Crippen LogP) is 0.0468. The lowest BCUT2D eigenvalue weighted by Gasteiger charge is -2.11. The minimum atomic E-state index is -0.104. The second-order valence-corrected chi connectivity index (χ2v) is 2.43. The van der Waals surface area contributed by atoms with E-state index >= 15 is 0 Å². The van der Waals surface area contributed by atoms with Gasteiger partial charge in [-0.1, -0.05) is 0 Å². The number of hydrogen-bond acceptors (Lipinski definition) is 4. The molecule has 0 amide bonds. The highest BCUT2D eigenvalue weighted by Gasteiger charge is 2.03. The summed E-state index contributed by atoms with van der Waals surface area (Å²) in [5.74, 6) is 0. The topological polar surface area (TPSA) is 47.9 Å². The number of hydrogen-bond donors (Lipinski definition) is 1. The van der Waals surface area contributed by atoms with Gasteiger partial charge in [-0.15, -0.1) is 0 Å². The number of rotatable bonds is 8. The van der Waals surface area contributed by atoms with Gasteiger partial charge in [-0.2, -0.15) is 0 Å². The summed E-state index contributed by atoms with van der Waals surface area (Å²) in [4.78, 5) is 0. The molecule has 12 heavy (non-hydrogen) atoms. The molecule has 74 valence electrons. The molecule has 1 N–H and O–H groups in total. The highest BCUT2D eigenvalue weighted by atomic mass is 16.5. The van der Waals surface area contributed by atoms with Crippen molar-refractivity contribution in [1.82, 2.24) is 0 Å². The van der Waals surface area contributed by atoms with Crippen LogP contribution in [0, 0.1) is 0 Å². The van der Waals surface area contributed by atoms with Crippen molar-refractivity contribution in [2.24, 2.45) is 0 Å². The first kappa shape index (κ1) is 11.8. The zero-order chi connectivity index (χ0) is 9.23. The highest BCUT2D eigenvalue weighted by Crippen LogP contribution is 1.95. The Labute approximate surface area is 73.4 Å². The largest absolute Gasteiger partial charge is 0.394 e. The van der Waals surface area contributed by atoms with Gasteiger partial charge in [-0.05, 0) is 6.42 Å². The van der Waals surface area contributed by atoms with E-state index in [1.807, 2.05) is 0 Å². The Bertz CT molecular complexity index is 83.1. The lowest BCUT2D eigenvalue weighted by Crippen LogP contribution is -2.18. The summed E-state index contributed by atoms with van der Waals surface area (Å²) in [5.41, 5.74) is 0. The zero-order valence-electron chi connectivity index (χ0n) is 7.78. The molecule has 0 saturated heterocycles. The van der Waals surface area contributed by atoms with Crippen LogP contribution in [-0.2, 0) is 14.2 Å². The minimum Gasteiger partial charge on any atom is -0.394 e. The van der Waals surface area contributed by atoms with Crippen LogP contribution < -0.4 is 0 Å². The van der Waals surface area contributed by atoms with Crippen molar-refractivity contribution in [3.8, 4) is 0 Å². The smallest absolute Gasteiger partial charge is 0.0823 e. The molecule has 4 heteroatoms. The molecule has 0 spiro atoms. The first-order valence-corrected chi connectivity index (χ1v) is 4.05. The minimum absolute atomic E-state index is 0.0458. The molecule has 0 bridgehead atoms. The van der Waals surface area contributed by atoms with Crippen LogP contribution in [0.4, 0.5) is 0 Å². The molecule has 0 aromatic heterocycles. The number of aliphatic hydroxyl groups excluding tert-OH is 1. The predicted molar refractivity (Wildman–Crippen MR) is 45.2 cm³/mol. The van der Waals surface area contributed by atoms with Crippen LogP contribution in [0.15, 0.2) is 0 Å². The molecule has 0 saturated carbocycles. The third-order valence-electron chi connectivity index (χ3n) is 1.55. The SMILES string of the molecule is COCCOCCC(CO)OC. The van der Waals surface area contributed by atoms with E-state index in [1.54, 1.807) is 14.2 Å². The summed E-state index contributed by atoms with van der Waals surface area (Å²) >= 11 is 0. The second-order valence-electron chi connectivity index (χ2n) is 2.43. The molecular weight excluding hydrogens is 160 g/mol. The van der Waals surface area contributed by atoms with Crippen molar-refractivity contribution in [3.63, 3.8) is 0 Å². The van der Waals surface area contributed by atoms with E-state index in [9.17, 15) is 0 Å². The lowest BCUT2D eigenvalue weighted by molar-refractivity contribution is 0.00847. The van der Waals surface area contributed by atoms with Gasteiger partial charge >= 0.3 is 0 Å². The molecule has 0 fully saturated rings. The third-order valence-corrected chi connectivity index (χ3v) is 1.55. The lowest BCUT2D eigenvalue weighted by atomic mass is 10.3. The van der Waals surface area contributed by atoms with Gasteiger partial charge in [0, 0.05) is 20.8 Å². The van der Waals surface area contributed by atoms with Crippen LogP contribution in [-0.4, -0.2) is 51.9 Å². The fraction of sp³-hybridized carbons (Fsp3) is 1.00. The van der Waals surface area contributed by atoms with Gasteiger partial charge in [0.15, 0.2) is 0 Å². The molecule has 0 aliphatic heterocycles. The van der Waals surface area contributed by atoms with Crippen LogP contribution in [0.5, 0.6) is 0 Å². The maximum absolute atomic E-state index is 8.72. The molecule has 0 aliphatic rings. The van der Waals surface area contributed by atoms with E-state index in [2.05, 4.69) is 0 Å². The quantitative estimate of drug-likeness (QED) is 0.533. The standard InChI is InChI=1S/C8H18O4/c1-10-5-6-12-4-3-8(7-9)11-2/h8-9H,3-7H2,1-2H3. The average Bonchev–Trinajstić information content (AvgIpc) is 2.11. The van der Waals surface area contributed by atoms with Crippen LogP contribution in [0.25, 0.3) is 0 Å². The summed E-state index contributed by atoms with van der Waals surface area (Å²) in [7, 11) is 3.21. The number of ether oxygens (including phenoxy) is 3. The van der Waals surface area contributed by atoms with Crippen molar-refractivity contribution >= 4 is 0 Å². The molecular formula is C8H18O4. The fourth-order valence-electron chi connectivity index (χ4n) is 0.743. The van der Waals surface area contributed by atoms with Crippen molar-refractivity contribution < 1.29 is 19.3 Å². The molecule has 0 aromatic carbocycles. The maximum atomic E-state index is 8.72. The highest BCUT2D eigenvalue weighted by molar-refractivity contribution is 4.53. The molecule has 0 heterocycles. The van der Waals surface area contributed by atoms with E-state index in [4.69, 9.17) is 19.3 Å². The van der Waals surface area contributed by atoms with Crippen molar-refractivity contribution in [2.75, 3.05) is 40.6 Å². The summed E-state index contributed by atoms with van der Waals surface area (Å²) in [6.45, 7) is 1.85. The summed E-state index contributed by atoms with van der Waals surface area (Å²) < 4.78 is 14.9. The van der Waals surface area contributed by atoms with Gasteiger partial charge in [-0.3, -0.25) is 0 Å². The van der Waals surface area contributed by atoms with Gasteiger partial charge in [0.1, 0.15) is 0 Å². The van der Waals surface area contributed by atoms with E-state index in [0.717, 1.165) is 6.42 Å². The Hall–Kier alpha value is -0.160. The van der Waals surface area contributed by atoms with Gasteiger partial charge in [0.25, 0.3) is 0 Å². The van der Waals surface area contributed by atoms with Crippen molar-refractivity contribution in [3.05, 3.63) is 0 Å². The Morgan fingerprint density at radius 1 is 1.17 bits per heavy atom. The monoisotopic (exact) mass is 178 g/mol. The molecule has 4 nitrogen and oxygen atoms in total. The maximum Gasteiger partial charge on any atom is 0.0823 e. The molecule has 0 aliphatic carbocycles. The van der Waals surface area contributed by atoms with E-state index < -0.39 is 0 Å². The van der Waals surface area contributed by atoms with Crippen LogP contribution in [0.2, 0.25) is 0 Å². The Morgan fingerprint density at radius 3 is 2.42 bits per heavy atom. The number of methoxy groups -OCH3 is 2. The second kappa shape index (κ2) is 8.93. The Balaban J connectivity index is 3.06. The Morgan fingerprint density at radius 2 is 1.92 bits per heavy atom. The van der Waals surface area contributed by atoms with Crippen LogP contribution in [0.3, 0.4) is 0 Å². The first-order chi connectivity index (χ1) is 5.85. The van der Waals surface area contributed by atoms with E-state index in [1.165, 1.54) is 0 Å². The Kier molecular flexibility index (Phi) is 8.81. The van der Waals surface area contributed by atoms with E-state index in [-0.39, 0.29) is 12.7 Å². The molecule has 0 rings (SSSR count). The molecule has 0 radical (unpaired) electrons. The van der Waals surface area contributed by atoms with Gasteiger partial charge < -0.3 is 19.3 Å². The van der Waals surface area contributed by atoms with Crippen LogP contribution in [0.1, 0.15) is 6.42 Å². The van der Waals surface area contributed by atoms with E-state index in [0.29, 0.717) is 19.8 Å². The average molecular weight is 178 g/mol. The van der Waals surface area contributed by atoms with Gasteiger partial charge in [0.2, 0.25) is 0 Å². The van der Waals surface area contributed by atoms with Gasteiger partial charge in [-0.25, -0.2) is 0 Å². The number of aliphatic hydroxyl groups is 1. The molecule has 1 unspecified atom stereocenters. The third kappa shape index (κ3) is 6.54. The normalized spacial score (nSPS) is 13.2. The summed E-state index contributed by atoms with van der Waals surface area (Å²) in [6.07, 6.45) is 0.615. The van der Waals surface area contributed by atoms with Crippen molar-refractivity contribution in [2.45, 2.75) is 12.5 Å². The van der Waals surface area contributed by atoms with Gasteiger partial charge in [0.05, 0.1) is 25.9 Å². The fourth-order valence-corrected chi connectivity index (χ4v) is 0.743. The van der Waals surface area contributed by atoms with Crippen LogP contribution >= 0.6 is 0 Å². The summed E-state index contributed by atoms with van der Waals surface area (Å²) in [5, 5.41) is 8.72. The summed E-state index contributed by atoms with van der Waals surface area (Å²) in [6, 6.07) is 0. The molecule has 0 aromatic rings. The first-order valence-electron chi connectivity index (χ1n) is 4.05. The zero-order valence-corrected chi connectivity index (χ0v) is 7.78. The molecule has 1 atom stereocenters. The van der Waals surface area contributed by atoms with Crippen molar-refractivity contribution in [1.29, 1.82) is 0 Å².